The number of pyridine rings is 1. The van der Waals surface area contributed by atoms with E-state index in [4.69, 9.17) is 5.73 Å². The maximum absolute atomic E-state index is 5.67. The van der Waals surface area contributed by atoms with Gasteiger partial charge in [0.2, 0.25) is 0 Å². The Kier molecular flexibility index (Phi) is 4.48. The number of hydrogen-bond donors (Lipinski definition) is 1. The van der Waals surface area contributed by atoms with Crippen LogP contribution in [0.4, 0.5) is 0 Å². The Morgan fingerprint density at radius 2 is 2.12 bits per heavy atom. The van der Waals surface area contributed by atoms with E-state index in [0.717, 1.165) is 39.1 Å². The maximum atomic E-state index is 5.67. The molecule has 4 heteroatoms. The van der Waals surface area contributed by atoms with E-state index in [1.807, 2.05) is 12.4 Å². The number of likely N-dealkylation sites (N-methyl/N-ethyl adjacent to an activating group) is 1. The van der Waals surface area contributed by atoms with E-state index in [9.17, 15) is 0 Å². The summed E-state index contributed by atoms with van der Waals surface area (Å²) in [5.74, 6) is 0. The quantitative estimate of drug-likeness (QED) is 0.826. The largest absolute Gasteiger partial charge is 0.330 e. The Hall–Kier alpha value is -0.970. The molecular formula is C13H22N4. The monoisotopic (exact) mass is 234 g/mol. The molecular weight excluding hydrogens is 212 g/mol. The molecule has 1 aliphatic heterocycles. The molecule has 2 heterocycles. The van der Waals surface area contributed by atoms with Gasteiger partial charge in [0.05, 0.1) is 0 Å². The third-order valence-electron chi connectivity index (χ3n) is 3.52. The van der Waals surface area contributed by atoms with Crippen LogP contribution in [0.15, 0.2) is 24.5 Å². The first-order valence-electron chi connectivity index (χ1n) is 6.31. The van der Waals surface area contributed by atoms with Gasteiger partial charge in [-0.05, 0) is 37.7 Å². The summed E-state index contributed by atoms with van der Waals surface area (Å²) in [6, 6.07) is 4.79. The zero-order valence-corrected chi connectivity index (χ0v) is 10.5. The normalized spacial score (nSPS) is 22.8. The lowest BCUT2D eigenvalue weighted by atomic mass is 10.1. The number of rotatable bonds is 4. The maximum Gasteiger partial charge on any atom is 0.0271 e. The van der Waals surface area contributed by atoms with Crippen molar-refractivity contribution in [3.05, 3.63) is 30.1 Å². The molecule has 2 N–H and O–H groups in total. The van der Waals surface area contributed by atoms with Gasteiger partial charge in [0.25, 0.3) is 0 Å². The van der Waals surface area contributed by atoms with E-state index < -0.39 is 0 Å². The topological polar surface area (TPSA) is 45.4 Å². The second kappa shape index (κ2) is 6.10. The Balaban J connectivity index is 1.90. The second-order valence-electron chi connectivity index (χ2n) is 4.80. The lowest BCUT2D eigenvalue weighted by Gasteiger charge is -2.39. The van der Waals surface area contributed by atoms with Crippen LogP contribution in [0.2, 0.25) is 0 Å². The van der Waals surface area contributed by atoms with Gasteiger partial charge >= 0.3 is 0 Å². The molecule has 1 unspecified atom stereocenters. The molecule has 4 nitrogen and oxygen atoms in total. The zero-order valence-electron chi connectivity index (χ0n) is 10.5. The minimum Gasteiger partial charge on any atom is -0.330 e. The first-order valence-corrected chi connectivity index (χ1v) is 6.31. The van der Waals surface area contributed by atoms with Crippen LogP contribution >= 0.6 is 0 Å². The summed E-state index contributed by atoms with van der Waals surface area (Å²) in [5.41, 5.74) is 7.01. The minimum atomic E-state index is 0.607. The molecule has 0 spiro atoms. The van der Waals surface area contributed by atoms with Gasteiger partial charge in [-0.15, -0.1) is 0 Å². The van der Waals surface area contributed by atoms with Crippen LogP contribution < -0.4 is 5.73 Å². The predicted octanol–water partition coefficient (Wildman–Crippen LogP) is 0.546. The number of hydrogen-bond acceptors (Lipinski definition) is 4. The molecule has 17 heavy (non-hydrogen) atoms. The molecule has 1 aliphatic rings. The molecule has 0 aliphatic carbocycles. The third-order valence-corrected chi connectivity index (χ3v) is 3.52. The van der Waals surface area contributed by atoms with E-state index in [1.54, 1.807) is 0 Å². The summed E-state index contributed by atoms with van der Waals surface area (Å²) in [4.78, 5) is 8.99. The standard InChI is InChI=1S/C13H22N4/c1-16-8-9-17(11-13(16)2-5-14)10-12-3-6-15-7-4-12/h3-4,6-7,13H,2,5,8-11,14H2,1H3. The van der Waals surface area contributed by atoms with Gasteiger partial charge in [0.15, 0.2) is 0 Å². The fourth-order valence-electron chi connectivity index (χ4n) is 2.40. The number of nitrogens with two attached hydrogens (primary N) is 1. The Morgan fingerprint density at radius 3 is 2.82 bits per heavy atom. The smallest absolute Gasteiger partial charge is 0.0271 e. The van der Waals surface area contributed by atoms with Crippen molar-refractivity contribution in [2.45, 2.75) is 19.0 Å². The molecule has 1 atom stereocenters. The first kappa shape index (κ1) is 12.5. The van der Waals surface area contributed by atoms with Gasteiger partial charge in [-0.2, -0.15) is 0 Å². The van der Waals surface area contributed by atoms with E-state index in [-0.39, 0.29) is 0 Å². The molecule has 0 aromatic carbocycles. The first-order chi connectivity index (χ1) is 8.29. The van der Waals surface area contributed by atoms with Gasteiger partial charge in [-0.1, -0.05) is 0 Å². The van der Waals surface area contributed by atoms with Crippen molar-refractivity contribution in [2.24, 2.45) is 5.73 Å². The minimum absolute atomic E-state index is 0.607. The molecule has 94 valence electrons. The zero-order chi connectivity index (χ0) is 12.1. The Morgan fingerprint density at radius 1 is 1.35 bits per heavy atom. The highest BCUT2D eigenvalue weighted by Crippen LogP contribution is 2.13. The summed E-state index contributed by atoms with van der Waals surface area (Å²) in [6.45, 7) is 5.20. The number of nitrogens with zero attached hydrogens (tertiary/aromatic N) is 3. The van der Waals surface area contributed by atoms with Gasteiger partial charge in [-0.3, -0.25) is 9.88 Å². The van der Waals surface area contributed by atoms with Crippen molar-refractivity contribution in [3.8, 4) is 0 Å². The summed E-state index contributed by atoms with van der Waals surface area (Å²) in [6.07, 6.45) is 4.81. The van der Waals surface area contributed by atoms with Crippen molar-refractivity contribution in [2.75, 3.05) is 33.2 Å². The van der Waals surface area contributed by atoms with E-state index in [2.05, 4.69) is 34.0 Å². The van der Waals surface area contributed by atoms with Gasteiger partial charge in [0.1, 0.15) is 0 Å². The fourth-order valence-corrected chi connectivity index (χ4v) is 2.40. The highest BCUT2D eigenvalue weighted by Gasteiger charge is 2.23. The van der Waals surface area contributed by atoms with Crippen LogP contribution in [-0.2, 0) is 6.54 Å². The van der Waals surface area contributed by atoms with E-state index >= 15 is 0 Å². The molecule has 2 rings (SSSR count). The van der Waals surface area contributed by atoms with Crippen molar-refractivity contribution in [3.63, 3.8) is 0 Å². The van der Waals surface area contributed by atoms with Gasteiger partial charge in [-0.25, -0.2) is 0 Å². The Labute approximate surface area is 103 Å². The lowest BCUT2D eigenvalue weighted by Crippen LogP contribution is -2.51. The third kappa shape index (κ3) is 3.49. The van der Waals surface area contributed by atoms with Gasteiger partial charge in [0, 0.05) is 44.6 Å². The molecule has 1 aromatic heterocycles. The van der Waals surface area contributed by atoms with E-state index in [0.29, 0.717) is 6.04 Å². The van der Waals surface area contributed by atoms with Crippen LogP contribution in [0.5, 0.6) is 0 Å². The van der Waals surface area contributed by atoms with Crippen molar-refractivity contribution < 1.29 is 0 Å². The highest BCUT2D eigenvalue weighted by atomic mass is 15.3. The average molecular weight is 234 g/mol. The van der Waals surface area contributed by atoms with Crippen molar-refractivity contribution >= 4 is 0 Å². The lowest BCUT2D eigenvalue weighted by molar-refractivity contribution is 0.0870. The SMILES string of the molecule is CN1CCN(Cc2ccncc2)CC1CCN. The summed E-state index contributed by atoms with van der Waals surface area (Å²) >= 11 is 0. The fraction of sp³-hybridized carbons (Fsp3) is 0.615. The van der Waals surface area contributed by atoms with Crippen molar-refractivity contribution in [1.82, 2.24) is 14.8 Å². The van der Waals surface area contributed by atoms with Crippen LogP contribution in [0.25, 0.3) is 0 Å². The highest BCUT2D eigenvalue weighted by molar-refractivity contribution is 5.09. The molecule has 1 fully saturated rings. The summed E-state index contributed by atoms with van der Waals surface area (Å²) < 4.78 is 0. The van der Waals surface area contributed by atoms with Crippen LogP contribution in [0, 0.1) is 0 Å². The molecule has 0 amide bonds. The molecule has 1 saturated heterocycles. The molecule has 0 radical (unpaired) electrons. The summed E-state index contributed by atoms with van der Waals surface area (Å²) in [7, 11) is 2.20. The predicted molar refractivity (Wildman–Crippen MR) is 69.6 cm³/mol. The number of aromatic nitrogens is 1. The van der Waals surface area contributed by atoms with Crippen LogP contribution in [-0.4, -0.2) is 54.1 Å². The van der Waals surface area contributed by atoms with Gasteiger partial charge < -0.3 is 10.6 Å². The van der Waals surface area contributed by atoms with Crippen molar-refractivity contribution in [1.29, 1.82) is 0 Å². The Bertz CT molecular complexity index is 327. The molecule has 1 aromatic rings. The van der Waals surface area contributed by atoms with Crippen LogP contribution in [0.1, 0.15) is 12.0 Å². The summed E-state index contributed by atoms with van der Waals surface area (Å²) in [5, 5.41) is 0. The molecule has 0 bridgehead atoms. The molecule has 0 saturated carbocycles. The average Bonchev–Trinajstić information content (AvgIpc) is 2.35. The van der Waals surface area contributed by atoms with E-state index in [1.165, 1.54) is 5.56 Å². The number of piperazine rings is 1. The van der Waals surface area contributed by atoms with Crippen LogP contribution in [0.3, 0.4) is 0 Å². The second-order valence-corrected chi connectivity index (χ2v) is 4.80.